The maximum Gasteiger partial charge on any atom is 0.262 e. The Kier molecular flexibility index (Phi) is 7.14. The number of unbranched alkanes of at least 4 members (excludes halogenated alkanes) is 1. The van der Waals surface area contributed by atoms with Gasteiger partial charge in [-0.05, 0) is 43.2 Å². The first-order valence-electron chi connectivity index (χ1n) is 8.43. The van der Waals surface area contributed by atoms with E-state index in [1.165, 1.54) is 0 Å². The molecule has 0 radical (unpaired) electrons. The highest BCUT2D eigenvalue weighted by Gasteiger charge is 2.10. The number of methoxy groups -OCH3 is 1. The topological polar surface area (TPSA) is 56.8 Å². The lowest BCUT2D eigenvalue weighted by atomic mass is 10.2. The number of anilines is 1. The second-order valence-corrected chi connectivity index (χ2v) is 5.69. The van der Waals surface area contributed by atoms with Crippen LogP contribution in [0, 0.1) is 6.92 Å². The van der Waals surface area contributed by atoms with Crippen molar-refractivity contribution in [2.75, 3.05) is 25.6 Å². The van der Waals surface area contributed by atoms with Crippen LogP contribution in [0.3, 0.4) is 0 Å². The zero-order chi connectivity index (χ0) is 18.1. The minimum Gasteiger partial charge on any atom is -0.493 e. The molecule has 0 aliphatic carbocycles. The number of para-hydroxylation sites is 2. The van der Waals surface area contributed by atoms with E-state index in [0.29, 0.717) is 29.5 Å². The molecule has 0 heterocycles. The summed E-state index contributed by atoms with van der Waals surface area (Å²) in [6.45, 7) is 4.59. The van der Waals surface area contributed by atoms with E-state index in [0.717, 1.165) is 18.4 Å². The van der Waals surface area contributed by atoms with Crippen LogP contribution in [-0.4, -0.2) is 26.2 Å². The number of carbonyl (C=O) groups is 1. The van der Waals surface area contributed by atoms with Crippen molar-refractivity contribution in [3.8, 4) is 17.2 Å². The predicted octanol–water partition coefficient (Wildman–Crippen LogP) is 4.20. The Balaban J connectivity index is 1.94. The van der Waals surface area contributed by atoms with Crippen molar-refractivity contribution in [3.63, 3.8) is 0 Å². The molecule has 5 heteroatoms. The summed E-state index contributed by atoms with van der Waals surface area (Å²) in [4.78, 5) is 12.2. The van der Waals surface area contributed by atoms with Crippen molar-refractivity contribution in [1.82, 2.24) is 0 Å². The Labute approximate surface area is 148 Å². The smallest absolute Gasteiger partial charge is 0.262 e. The van der Waals surface area contributed by atoms with Gasteiger partial charge in [-0.25, -0.2) is 0 Å². The molecule has 5 nitrogen and oxygen atoms in total. The van der Waals surface area contributed by atoms with E-state index in [2.05, 4.69) is 12.2 Å². The van der Waals surface area contributed by atoms with Gasteiger partial charge in [-0.15, -0.1) is 0 Å². The number of nitrogens with one attached hydrogen (secondary N) is 1. The van der Waals surface area contributed by atoms with Crippen LogP contribution >= 0.6 is 0 Å². The third-order valence-electron chi connectivity index (χ3n) is 3.59. The second kappa shape index (κ2) is 9.57. The van der Waals surface area contributed by atoms with Crippen LogP contribution in [0.15, 0.2) is 42.5 Å². The summed E-state index contributed by atoms with van der Waals surface area (Å²) in [7, 11) is 1.57. The highest BCUT2D eigenvalue weighted by atomic mass is 16.5. The molecule has 0 saturated heterocycles. The van der Waals surface area contributed by atoms with Crippen molar-refractivity contribution < 1.29 is 19.0 Å². The number of rotatable bonds is 9. The molecule has 1 amide bonds. The molecule has 2 rings (SSSR count). The van der Waals surface area contributed by atoms with Crippen LogP contribution in [0.2, 0.25) is 0 Å². The molecule has 0 bridgehead atoms. The Hall–Kier alpha value is -2.69. The van der Waals surface area contributed by atoms with Crippen molar-refractivity contribution in [2.24, 2.45) is 0 Å². The molecule has 0 saturated carbocycles. The monoisotopic (exact) mass is 343 g/mol. The molecule has 2 aromatic rings. The molecule has 2 aromatic carbocycles. The molecule has 0 spiro atoms. The standard InChI is InChI=1S/C20H25NO4/c1-4-5-12-24-17-9-7-6-8-16(17)21-20(22)14-25-18-11-10-15(2)13-19(18)23-3/h6-11,13H,4-5,12,14H2,1-3H3,(H,21,22). The minimum atomic E-state index is -0.255. The van der Waals surface area contributed by atoms with Crippen LogP contribution in [-0.2, 0) is 4.79 Å². The summed E-state index contributed by atoms with van der Waals surface area (Å²) in [5.74, 6) is 1.55. The fourth-order valence-electron chi connectivity index (χ4n) is 2.25. The van der Waals surface area contributed by atoms with Crippen LogP contribution in [0.25, 0.3) is 0 Å². The van der Waals surface area contributed by atoms with Gasteiger partial charge in [-0.1, -0.05) is 31.5 Å². The maximum absolute atomic E-state index is 12.2. The van der Waals surface area contributed by atoms with E-state index in [1.54, 1.807) is 13.2 Å². The SMILES string of the molecule is CCCCOc1ccccc1NC(=O)COc1ccc(C)cc1OC. The first-order chi connectivity index (χ1) is 12.1. The molecule has 0 aromatic heterocycles. The molecule has 0 aliphatic rings. The largest absolute Gasteiger partial charge is 0.493 e. The fourth-order valence-corrected chi connectivity index (χ4v) is 2.25. The van der Waals surface area contributed by atoms with Crippen molar-refractivity contribution in [2.45, 2.75) is 26.7 Å². The van der Waals surface area contributed by atoms with Crippen molar-refractivity contribution in [1.29, 1.82) is 0 Å². The average Bonchev–Trinajstić information content (AvgIpc) is 2.62. The number of amides is 1. The Morgan fingerprint density at radius 3 is 2.60 bits per heavy atom. The molecule has 0 fully saturated rings. The van der Waals surface area contributed by atoms with Crippen molar-refractivity contribution >= 4 is 11.6 Å². The summed E-state index contributed by atoms with van der Waals surface area (Å²) in [6.07, 6.45) is 2.03. The van der Waals surface area contributed by atoms with Crippen molar-refractivity contribution in [3.05, 3.63) is 48.0 Å². The zero-order valence-corrected chi connectivity index (χ0v) is 15.0. The lowest BCUT2D eigenvalue weighted by molar-refractivity contribution is -0.118. The summed E-state index contributed by atoms with van der Waals surface area (Å²) in [5.41, 5.74) is 1.70. The van der Waals surface area contributed by atoms with E-state index in [4.69, 9.17) is 14.2 Å². The van der Waals surface area contributed by atoms with E-state index < -0.39 is 0 Å². The minimum absolute atomic E-state index is 0.108. The van der Waals surface area contributed by atoms with E-state index >= 15 is 0 Å². The van der Waals surface area contributed by atoms with E-state index in [-0.39, 0.29) is 12.5 Å². The first-order valence-corrected chi connectivity index (χ1v) is 8.43. The van der Waals surface area contributed by atoms with Gasteiger partial charge in [0.25, 0.3) is 5.91 Å². The summed E-state index contributed by atoms with van der Waals surface area (Å²) < 4.78 is 16.6. The van der Waals surface area contributed by atoms with Gasteiger partial charge in [-0.2, -0.15) is 0 Å². The van der Waals surface area contributed by atoms with Gasteiger partial charge in [0.05, 0.1) is 19.4 Å². The van der Waals surface area contributed by atoms with Crippen LogP contribution < -0.4 is 19.5 Å². The third kappa shape index (κ3) is 5.71. The molecular weight excluding hydrogens is 318 g/mol. The third-order valence-corrected chi connectivity index (χ3v) is 3.59. The Morgan fingerprint density at radius 1 is 1.04 bits per heavy atom. The number of aryl methyl sites for hydroxylation is 1. The molecule has 0 unspecified atom stereocenters. The lowest BCUT2D eigenvalue weighted by Gasteiger charge is -2.14. The number of carbonyl (C=O) groups excluding carboxylic acids is 1. The van der Waals surface area contributed by atoms with Gasteiger partial charge >= 0.3 is 0 Å². The summed E-state index contributed by atoms with van der Waals surface area (Å²) in [5, 5.41) is 2.83. The fraction of sp³-hybridized carbons (Fsp3) is 0.350. The molecule has 0 aliphatic heterocycles. The molecular formula is C20H25NO4. The molecule has 0 atom stereocenters. The van der Waals surface area contributed by atoms with Crippen LogP contribution in [0.1, 0.15) is 25.3 Å². The van der Waals surface area contributed by atoms with Gasteiger partial charge in [0.1, 0.15) is 5.75 Å². The lowest BCUT2D eigenvalue weighted by Crippen LogP contribution is -2.20. The first kappa shape index (κ1) is 18.6. The zero-order valence-electron chi connectivity index (χ0n) is 15.0. The predicted molar refractivity (Wildman–Crippen MR) is 98.7 cm³/mol. The average molecular weight is 343 g/mol. The molecule has 1 N–H and O–H groups in total. The quantitative estimate of drug-likeness (QED) is 0.693. The normalized spacial score (nSPS) is 10.2. The highest BCUT2D eigenvalue weighted by molar-refractivity contribution is 5.93. The highest BCUT2D eigenvalue weighted by Crippen LogP contribution is 2.28. The molecule has 134 valence electrons. The van der Waals surface area contributed by atoms with Gasteiger partial charge in [0.15, 0.2) is 18.1 Å². The number of hydrogen-bond acceptors (Lipinski definition) is 4. The number of hydrogen-bond donors (Lipinski definition) is 1. The summed E-state index contributed by atoms with van der Waals surface area (Å²) >= 11 is 0. The molecule has 25 heavy (non-hydrogen) atoms. The van der Waals surface area contributed by atoms with Crippen LogP contribution in [0.4, 0.5) is 5.69 Å². The van der Waals surface area contributed by atoms with Gasteiger partial charge in [-0.3, -0.25) is 4.79 Å². The Morgan fingerprint density at radius 2 is 1.84 bits per heavy atom. The van der Waals surface area contributed by atoms with Crippen LogP contribution in [0.5, 0.6) is 17.2 Å². The number of benzene rings is 2. The van der Waals surface area contributed by atoms with Gasteiger partial charge in [0, 0.05) is 0 Å². The number of ether oxygens (including phenoxy) is 3. The van der Waals surface area contributed by atoms with E-state index in [9.17, 15) is 4.79 Å². The maximum atomic E-state index is 12.2. The van der Waals surface area contributed by atoms with Gasteiger partial charge < -0.3 is 19.5 Å². The van der Waals surface area contributed by atoms with Gasteiger partial charge in [0.2, 0.25) is 0 Å². The van der Waals surface area contributed by atoms with E-state index in [1.807, 2.05) is 43.3 Å². The summed E-state index contributed by atoms with van der Waals surface area (Å²) in [6, 6.07) is 13.0. The second-order valence-electron chi connectivity index (χ2n) is 5.69. The Bertz CT molecular complexity index is 700.